The summed E-state index contributed by atoms with van der Waals surface area (Å²) in [4.78, 5) is 5.07. The first-order chi connectivity index (χ1) is 31.7. The molecule has 10 aromatic carbocycles. The van der Waals surface area contributed by atoms with Gasteiger partial charge in [-0.3, -0.25) is 0 Å². The van der Waals surface area contributed by atoms with E-state index >= 15 is 0 Å². The van der Waals surface area contributed by atoms with Crippen LogP contribution in [-0.2, 0) is 0 Å². The molecule has 4 heteroatoms. The highest BCUT2D eigenvalue weighted by atomic mass is 28.3. The molecular weight excluding hydrogens is 829 g/mol. The Balaban J connectivity index is 1.27. The van der Waals surface area contributed by atoms with Crippen LogP contribution in [0.2, 0.25) is 39.3 Å². The molecule has 0 bridgehead atoms. The molecule has 0 atom stereocenters. The molecule has 0 saturated carbocycles. The van der Waals surface area contributed by atoms with Crippen LogP contribution in [0.1, 0.15) is 22.3 Å². The monoisotopic (exact) mass is 888 g/mol. The Morgan fingerprint density at radius 1 is 0.303 bits per heavy atom. The first kappa shape index (κ1) is 43.2. The maximum Gasteiger partial charge on any atom is 0.0784 e. The lowest BCUT2D eigenvalue weighted by molar-refractivity contribution is 1.26. The van der Waals surface area contributed by atoms with E-state index in [0.717, 1.165) is 11.4 Å². The number of para-hydroxylation sites is 2. The van der Waals surface area contributed by atoms with Gasteiger partial charge in [-0.05, 0) is 142 Å². The average Bonchev–Trinajstić information content (AvgIpc) is 3.31. The van der Waals surface area contributed by atoms with Crippen molar-refractivity contribution in [3.8, 4) is 22.3 Å². The fraction of sp³-hybridized carbons (Fsp3) is 0.161. The zero-order chi connectivity index (χ0) is 46.1. The number of anilines is 6. The molecule has 0 radical (unpaired) electrons. The van der Waals surface area contributed by atoms with Crippen molar-refractivity contribution in [2.45, 2.75) is 67.0 Å². The van der Waals surface area contributed by atoms with E-state index in [-0.39, 0.29) is 0 Å². The van der Waals surface area contributed by atoms with E-state index in [9.17, 15) is 0 Å². The van der Waals surface area contributed by atoms with Gasteiger partial charge >= 0.3 is 0 Å². The number of hydrogen-bond acceptors (Lipinski definition) is 2. The van der Waals surface area contributed by atoms with Gasteiger partial charge in [0.2, 0.25) is 0 Å². The number of nitrogens with zero attached hydrogens (tertiary/aromatic N) is 2. The molecule has 66 heavy (non-hydrogen) atoms. The maximum atomic E-state index is 2.53. The highest BCUT2D eigenvalue weighted by molar-refractivity contribution is 6.90. The zero-order valence-electron chi connectivity index (χ0n) is 40.2. The van der Waals surface area contributed by atoms with Gasteiger partial charge in [-0.2, -0.15) is 0 Å². The summed E-state index contributed by atoms with van der Waals surface area (Å²) in [6, 6.07) is 68.4. The van der Waals surface area contributed by atoms with Crippen LogP contribution >= 0.6 is 0 Å². The Morgan fingerprint density at radius 3 is 0.955 bits per heavy atom. The Bertz CT molecular complexity index is 3170. The van der Waals surface area contributed by atoms with E-state index in [4.69, 9.17) is 0 Å². The van der Waals surface area contributed by atoms with Gasteiger partial charge in [0.05, 0.1) is 27.5 Å². The highest BCUT2D eigenvalue weighted by Crippen LogP contribution is 2.50. The predicted molar refractivity (Wildman–Crippen MR) is 295 cm³/mol. The lowest BCUT2D eigenvalue weighted by Gasteiger charge is -2.33. The lowest BCUT2D eigenvalue weighted by atomic mass is 9.88. The molecule has 0 aromatic heterocycles. The van der Waals surface area contributed by atoms with Gasteiger partial charge in [-0.1, -0.05) is 183 Å². The molecule has 0 fully saturated rings. The second-order valence-corrected chi connectivity index (χ2v) is 30.5. The van der Waals surface area contributed by atoms with Crippen molar-refractivity contribution < 1.29 is 0 Å². The smallest absolute Gasteiger partial charge is 0.0784 e. The quantitative estimate of drug-likeness (QED) is 0.0997. The van der Waals surface area contributed by atoms with Crippen LogP contribution in [0.5, 0.6) is 0 Å². The Labute approximate surface area is 394 Å². The largest absolute Gasteiger partial charge is 0.310 e. The van der Waals surface area contributed by atoms with Gasteiger partial charge in [0.25, 0.3) is 0 Å². The van der Waals surface area contributed by atoms with Crippen molar-refractivity contribution in [1.82, 2.24) is 0 Å². The van der Waals surface area contributed by atoms with E-state index in [1.54, 1.807) is 0 Å². The van der Waals surface area contributed by atoms with Crippen molar-refractivity contribution in [2.75, 3.05) is 9.80 Å². The number of benzene rings is 10. The summed E-state index contributed by atoms with van der Waals surface area (Å²) in [6.07, 6.45) is 0. The first-order valence-electron chi connectivity index (χ1n) is 23.5. The number of hydrogen-bond donors (Lipinski definition) is 0. The summed E-state index contributed by atoms with van der Waals surface area (Å²) in [5.41, 5.74) is 17.4. The molecule has 0 spiro atoms. The minimum atomic E-state index is -1.73. The van der Waals surface area contributed by atoms with Crippen LogP contribution in [-0.4, -0.2) is 16.1 Å². The van der Waals surface area contributed by atoms with Crippen LogP contribution in [0.3, 0.4) is 0 Å². The first-order valence-corrected chi connectivity index (χ1v) is 30.5. The van der Waals surface area contributed by atoms with Crippen LogP contribution in [0.4, 0.5) is 34.1 Å². The molecule has 10 rings (SSSR count). The van der Waals surface area contributed by atoms with Gasteiger partial charge in [0.15, 0.2) is 0 Å². The van der Waals surface area contributed by atoms with Crippen molar-refractivity contribution in [2.24, 2.45) is 0 Å². The predicted octanol–water partition coefficient (Wildman–Crippen LogP) is 17.2. The van der Waals surface area contributed by atoms with Crippen LogP contribution in [0, 0.1) is 27.7 Å². The zero-order valence-corrected chi connectivity index (χ0v) is 42.2. The molecule has 0 aliphatic rings. The standard InChI is InChI=1S/C62H60N2Si2/c1-41-35-57(63(47-27-19-13-20-28-47)55-39-53(45-23-15-11-16-24-45)59(37-43(55)3)65(5,6)7)51-34-32-50-42(2)36-58(52-33-31-49(41)61(51)62(50)52)64(48-29-21-14-22-30-48)56-40-54(46-25-17-12-18-26-46)60(38-44(56)4)66(8,9)10/h11-40H,1-10H3. The molecule has 0 aliphatic heterocycles. The Morgan fingerprint density at radius 2 is 0.621 bits per heavy atom. The normalized spacial score (nSPS) is 12.1. The van der Waals surface area contributed by atoms with Crippen LogP contribution in [0.25, 0.3) is 54.6 Å². The molecule has 10 aromatic rings. The lowest BCUT2D eigenvalue weighted by Crippen LogP contribution is -2.39. The maximum absolute atomic E-state index is 2.53. The summed E-state index contributed by atoms with van der Waals surface area (Å²) in [5.74, 6) is 0. The van der Waals surface area contributed by atoms with Crippen LogP contribution in [0.15, 0.2) is 182 Å². The Hall–Kier alpha value is -6.73. The van der Waals surface area contributed by atoms with Gasteiger partial charge in [-0.25, -0.2) is 0 Å². The molecule has 326 valence electrons. The topological polar surface area (TPSA) is 6.48 Å². The van der Waals surface area contributed by atoms with Gasteiger partial charge < -0.3 is 9.80 Å². The molecule has 0 amide bonds. The fourth-order valence-corrected chi connectivity index (χ4v) is 13.8. The summed E-state index contributed by atoms with van der Waals surface area (Å²) in [6.45, 7) is 24.0. The van der Waals surface area contributed by atoms with E-state index < -0.39 is 16.1 Å². The minimum absolute atomic E-state index is 1.15. The average molecular weight is 889 g/mol. The highest BCUT2D eigenvalue weighted by Gasteiger charge is 2.29. The number of rotatable bonds is 10. The SMILES string of the molecule is Cc1cc([Si](C)(C)C)c(-c2ccccc2)cc1N(c1ccccc1)c1cc(C)c2ccc3c(N(c4ccccc4)c4cc(-c5ccccc5)c([Si](C)(C)C)cc4C)cc(C)c4ccc1c2c43. The molecule has 2 nitrogen and oxygen atoms in total. The fourth-order valence-electron chi connectivity index (χ4n) is 10.5. The third-order valence-corrected chi connectivity index (χ3v) is 17.8. The number of aryl methyl sites for hydroxylation is 4. The molecule has 0 N–H and O–H groups in total. The molecule has 0 heterocycles. The third kappa shape index (κ3) is 7.52. The molecule has 0 aliphatic carbocycles. The second kappa shape index (κ2) is 16.6. The summed E-state index contributed by atoms with van der Waals surface area (Å²) in [7, 11) is -3.46. The van der Waals surface area contributed by atoms with Crippen molar-refractivity contribution in [3.05, 3.63) is 204 Å². The Kier molecular flexibility index (Phi) is 10.9. The van der Waals surface area contributed by atoms with E-state index in [0.29, 0.717) is 0 Å². The minimum Gasteiger partial charge on any atom is -0.310 e. The van der Waals surface area contributed by atoms with Gasteiger partial charge in [0, 0.05) is 33.5 Å². The third-order valence-electron chi connectivity index (χ3n) is 13.7. The van der Waals surface area contributed by atoms with E-state index in [1.165, 1.54) is 110 Å². The van der Waals surface area contributed by atoms with E-state index in [2.05, 4.69) is 259 Å². The molecule has 0 unspecified atom stereocenters. The van der Waals surface area contributed by atoms with Crippen molar-refractivity contribution in [3.63, 3.8) is 0 Å². The van der Waals surface area contributed by atoms with E-state index in [1.807, 2.05) is 0 Å². The molecular formula is C62H60N2Si2. The van der Waals surface area contributed by atoms with Crippen LogP contribution < -0.4 is 20.2 Å². The van der Waals surface area contributed by atoms with Gasteiger partial charge in [0.1, 0.15) is 0 Å². The summed E-state index contributed by atoms with van der Waals surface area (Å²) < 4.78 is 0. The summed E-state index contributed by atoms with van der Waals surface area (Å²) in [5, 5.41) is 10.7. The van der Waals surface area contributed by atoms with Gasteiger partial charge in [-0.15, -0.1) is 0 Å². The summed E-state index contributed by atoms with van der Waals surface area (Å²) >= 11 is 0. The van der Waals surface area contributed by atoms with Crippen molar-refractivity contribution >= 4 is 93.0 Å². The molecule has 0 saturated heterocycles. The second-order valence-electron chi connectivity index (χ2n) is 20.4. The van der Waals surface area contributed by atoms with Crippen molar-refractivity contribution in [1.29, 1.82) is 0 Å².